The average molecular weight is 298 g/mol. The van der Waals surface area contributed by atoms with Gasteiger partial charge in [-0.3, -0.25) is 9.59 Å². The van der Waals surface area contributed by atoms with Gasteiger partial charge in [0.1, 0.15) is 5.78 Å². The Bertz CT molecular complexity index is 574. The highest BCUT2D eigenvalue weighted by Gasteiger charge is 2.59. The van der Waals surface area contributed by atoms with Crippen LogP contribution in [0.2, 0.25) is 0 Å². The molecule has 2 heteroatoms. The van der Waals surface area contributed by atoms with Gasteiger partial charge in [0.15, 0.2) is 5.78 Å². The predicted molar refractivity (Wildman–Crippen MR) is 84.9 cm³/mol. The van der Waals surface area contributed by atoms with E-state index in [1.165, 1.54) is 5.57 Å². The molecule has 4 aliphatic carbocycles. The van der Waals surface area contributed by atoms with Crippen molar-refractivity contribution in [2.24, 2.45) is 34.5 Å². The van der Waals surface area contributed by atoms with E-state index in [-0.39, 0.29) is 22.5 Å². The number of carbonyl (C=O) groups excluding carboxylic acids is 2. The van der Waals surface area contributed by atoms with Gasteiger partial charge < -0.3 is 0 Å². The maximum absolute atomic E-state index is 12.4. The van der Waals surface area contributed by atoms with Crippen LogP contribution in [0.1, 0.15) is 58.8 Å². The second-order valence-electron chi connectivity index (χ2n) is 8.62. The van der Waals surface area contributed by atoms with Gasteiger partial charge >= 0.3 is 0 Å². The van der Waals surface area contributed by atoms with Crippen molar-refractivity contribution < 1.29 is 9.59 Å². The van der Waals surface area contributed by atoms with Gasteiger partial charge in [0.2, 0.25) is 0 Å². The second kappa shape index (κ2) is 4.55. The highest BCUT2D eigenvalue weighted by molar-refractivity contribution is 5.92. The van der Waals surface area contributed by atoms with E-state index in [0.29, 0.717) is 30.0 Å². The zero-order chi connectivity index (χ0) is 15.7. The maximum atomic E-state index is 12.4. The Morgan fingerprint density at radius 1 is 1.05 bits per heavy atom. The van der Waals surface area contributed by atoms with Crippen molar-refractivity contribution >= 4 is 11.6 Å². The summed E-state index contributed by atoms with van der Waals surface area (Å²) < 4.78 is 0. The molecule has 0 aromatic carbocycles. The summed E-state index contributed by atoms with van der Waals surface area (Å²) in [6.45, 7) is 11.0. The van der Waals surface area contributed by atoms with Gasteiger partial charge in [0.05, 0.1) is 0 Å². The molecular weight excluding hydrogens is 272 g/mol. The molecule has 118 valence electrons. The molecule has 4 unspecified atom stereocenters. The van der Waals surface area contributed by atoms with Crippen molar-refractivity contribution in [1.29, 1.82) is 0 Å². The molecule has 4 aliphatic rings. The molecule has 0 aliphatic heterocycles. The average Bonchev–Trinajstić information content (AvgIpc) is 2.77. The van der Waals surface area contributed by atoms with Gasteiger partial charge in [-0.15, -0.1) is 0 Å². The normalized spacial score (nSPS) is 51.0. The molecule has 0 amide bonds. The van der Waals surface area contributed by atoms with Crippen LogP contribution in [0.3, 0.4) is 0 Å². The van der Waals surface area contributed by atoms with Gasteiger partial charge in [0, 0.05) is 18.3 Å². The van der Waals surface area contributed by atoms with Gasteiger partial charge in [-0.25, -0.2) is 0 Å². The number of hydrogen-bond donors (Lipinski definition) is 0. The van der Waals surface area contributed by atoms with Gasteiger partial charge in [-0.1, -0.05) is 19.4 Å². The molecule has 22 heavy (non-hydrogen) atoms. The van der Waals surface area contributed by atoms with E-state index >= 15 is 0 Å². The van der Waals surface area contributed by atoms with Gasteiger partial charge in [-0.2, -0.15) is 0 Å². The summed E-state index contributed by atoms with van der Waals surface area (Å²) in [5, 5.41) is 0. The molecule has 3 saturated carbocycles. The van der Waals surface area contributed by atoms with Crippen molar-refractivity contribution in [3.05, 3.63) is 18.6 Å². The fraction of sp³-hybridized carbons (Fsp3) is 0.750. The molecule has 2 radical (unpaired) electrons. The lowest BCUT2D eigenvalue weighted by molar-refractivity contribution is -0.133. The zero-order valence-corrected chi connectivity index (χ0v) is 13.7. The van der Waals surface area contributed by atoms with E-state index in [2.05, 4.69) is 13.8 Å². The lowest BCUT2D eigenvalue weighted by atomic mass is 9.46. The molecule has 3 fully saturated rings. The quantitative estimate of drug-likeness (QED) is 0.677. The summed E-state index contributed by atoms with van der Waals surface area (Å²) in [7, 11) is 0. The summed E-state index contributed by atoms with van der Waals surface area (Å²) in [4.78, 5) is 24.3. The molecular formula is C20H26O2. The minimum Gasteiger partial charge on any atom is -0.299 e. The molecule has 4 rings (SSSR count). The first-order valence-electron chi connectivity index (χ1n) is 8.90. The topological polar surface area (TPSA) is 34.1 Å². The number of rotatable bonds is 0. The highest BCUT2D eigenvalue weighted by Crippen LogP contribution is 2.65. The fourth-order valence-electron chi connectivity index (χ4n) is 6.47. The third-order valence-electron chi connectivity index (χ3n) is 7.76. The maximum Gasteiger partial charge on any atom is 0.155 e. The third-order valence-corrected chi connectivity index (χ3v) is 7.76. The smallest absolute Gasteiger partial charge is 0.155 e. The van der Waals surface area contributed by atoms with E-state index in [1.807, 2.05) is 6.08 Å². The third kappa shape index (κ3) is 1.73. The van der Waals surface area contributed by atoms with Crippen LogP contribution in [0.15, 0.2) is 11.6 Å². The number of carbonyl (C=O) groups is 2. The summed E-state index contributed by atoms with van der Waals surface area (Å²) in [5.74, 6) is 2.42. The largest absolute Gasteiger partial charge is 0.299 e. The number of allylic oxidation sites excluding steroid dienone is 1. The Kier molecular flexibility index (Phi) is 3.03. The molecule has 0 aromatic rings. The Balaban J connectivity index is 1.74. The molecule has 0 spiro atoms. The summed E-state index contributed by atoms with van der Waals surface area (Å²) in [5.41, 5.74) is 1.20. The van der Waals surface area contributed by atoms with E-state index in [0.717, 1.165) is 38.5 Å². The van der Waals surface area contributed by atoms with Crippen molar-refractivity contribution in [2.45, 2.75) is 58.8 Å². The molecule has 2 nitrogen and oxygen atoms in total. The summed E-state index contributed by atoms with van der Waals surface area (Å²) >= 11 is 0. The van der Waals surface area contributed by atoms with Crippen LogP contribution in [-0.4, -0.2) is 11.6 Å². The van der Waals surface area contributed by atoms with Crippen molar-refractivity contribution in [3.8, 4) is 0 Å². The molecule has 0 saturated heterocycles. The van der Waals surface area contributed by atoms with Gasteiger partial charge in [0.25, 0.3) is 0 Å². The van der Waals surface area contributed by atoms with Gasteiger partial charge in [-0.05, 0) is 74.2 Å². The Morgan fingerprint density at radius 3 is 2.55 bits per heavy atom. The monoisotopic (exact) mass is 298 g/mol. The SMILES string of the molecule is [CH]C1CC2C(CC[C@]3(C)C(=O)CCC23)[C@@]2(C)CCC(=O)C=C12. The predicted octanol–water partition coefficient (Wildman–Crippen LogP) is 4.02. The first-order chi connectivity index (χ1) is 10.4. The van der Waals surface area contributed by atoms with Crippen LogP contribution >= 0.6 is 0 Å². The van der Waals surface area contributed by atoms with Crippen molar-refractivity contribution in [2.75, 3.05) is 0 Å². The molecule has 6 atom stereocenters. The minimum absolute atomic E-state index is 0.00792. The lowest BCUT2D eigenvalue weighted by Gasteiger charge is -2.58. The van der Waals surface area contributed by atoms with E-state index < -0.39 is 0 Å². The molecule has 0 heterocycles. The van der Waals surface area contributed by atoms with Crippen LogP contribution in [-0.2, 0) is 9.59 Å². The molecule has 0 bridgehead atoms. The van der Waals surface area contributed by atoms with E-state index in [4.69, 9.17) is 6.92 Å². The second-order valence-corrected chi connectivity index (χ2v) is 8.62. The minimum atomic E-state index is -0.0943. The van der Waals surface area contributed by atoms with Crippen LogP contribution in [0.5, 0.6) is 0 Å². The van der Waals surface area contributed by atoms with Crippen LogP contribution in [0.25, 0.3) is 0 Å². The number of Topliss-reactive ketones (excluding diaryl/α,β-unsaturated/α-hetero) is 1. The van der Waals surface area contributed by atoms with E-state index in [1.54, 1.807) is 0 Å². The molecule has 0 aromatic heterocycles. The standard InChI is InChI=1S/C20H26O2/c1-12-10-14-15-4-5-18(22)20(15,3)9-7-16(14)19(2)8-6-13(21)11-17(12)19/h1,11-12,14-16H,4-10H2,2-3H3/t12?,14?,15?,16?,19-,20+/m1/s1. The molecule has 0 N–H and O–H groups in total. The Morgan fingerprint density at radius 2 is 1.77 bits per heavy atom. The van der Waals surface area contributed by atoms with E-state index in [9.17, 15) is 9.59 Å². The van der Waals surface area contributed by atoms with Crippen molar-refractivity contribution in [3.63, 3.8) is 0 Å². The first-order valence-corrected chi connectivity index (χ1v) is 8.90. The van der Waals surface area contributed by atoms with Crippen LogP contribution < -0.4 is 0 Å². The highest BCUT2D eigenvalue weighted by atomic mass is 16.1. The lowest BCUT2D eigenvalue weighted by Crippen LogP contribution is -2.52. The number of hydrogen-bond acceptors (Lipinski definition) is 2. The summed E-state index contributed by atoms with van der Waals surface area (Å²) in [6, 6.07) is 0. The number of fused-ring (bicyclic) bond motifs is 5. The number of ketones is 2. The zero-order valence-electron chi connectivity index (χ0n) is 13.7. The van der Waals surface area contributed by atoms with Crippen molar-refractivity contribution in [1.82, 2.24) is 0 Å². The summed E-state index contributed by atoms with van der Waals surface area (Å²) in [6.07, 6.45) is 8.41. The Labute approximate surface area is 133 Å². The van der Waals surface area contributed by atoms with Crippen LogP contribution in [0.4, 0.5) is 0 Å². The fourth-order valence-corrected chi connectivity index (χ4v) is 6.47. The van der Waals surface area contributed by atoms with Crippen LogP contribution in [0, 0.1) is 41.4 Å². The first kappa shape index (κ1) is 14.7. The Hall–Kier alpha value is -0.920.